The molecule has 0 radical (unpaired) electrons. The minimum Gasteiger partial charge on any atom is -0.378 e. The van der Waals surface area contributed by atoms with Crippen molar-refractivity contribution >= 4 is 29.0 Å². The van der Waals surface area contributed by atoms with Gasteiger partial charge >= 0.3 is 0 Å². The fourth-order valence-corrected chi connectivity index (χ4v) is 3.30. The number of morpholine rings is 1. The molecule has 2 aromatic heterocycles. The predicted octanol–water partition coefficient (Wildman–Crippen LogP) is 2.32. The molecule has 0 atom stereocenters. The molecule has 1 aromatic carbocycles. The zero-order valence-corrected chi connectivity index (χ0v) is 17.5. The summed E-state index contributed by atoms with van der Waals surface area (Å²) in [5, 5.41) is 5.96. The van der Waals surface area contributed by atoms with E-state index in [0.717, 1.165) is 30.3 Å². The van der Waals surface area contributed by atoms with Crippen molar-refractivity contribution in [1.82, 2.24) is 14.5 Å². The van der Waals surface area contributed by atoms with E-state index >= 15 is 0 Å². The quantitative estimate of drug-likeness (QED) is 0.653. The molecule has 3 aromatic rings. The highest BCUT2D eigenvalue weighted by Crippen LogP contribution is 2.21. The van der Waals surface area contributed by atoms with E-state index in [1.165, 1.54) is 10.6 Å². The van der Waals surface area contributed by atoms with Crippen LogP contribution in [0.4, 0.5) is 23.1 Å². The van der Waals surface area contributed by atoms with Crippen LogP contribution in [0.5, 0.6) is 0 Å². The number of anilines is 4. The Kier molecular flexibility index (Phi) is 5.94. The van der Waals surface area contributed by atoms with Gasteiger partial charge in [-0.3, -0.25) is 9.59 Å². The molecule has 0 unspecified atom stereocenters. The van der Waals surface area contributed by atoms with Crippen molar-refractivity contribution in [2.75, 3.05) is 41.8 Å². The number of nitrogens with zero attached hydrogens (tertiary/aromatic N) is 4. The number of carbonyl (C=O) groups excluding carboxylic acids is 1. The summed E-state index contributed by atoms with van der Waals surface area (Å²) in [6.07, 6.45) is 1.61. The summed E-state index contributed by atoms with van der Waals surface area (Å²) >= 11 is 0. The van der Waals surface area contributed by atoms with Crippen LogP contribution in [0.2, 0.25) is 0 Å². The fourth-order valence-electron chi connectivity index (χ4n) is 3.30. The number of aryl methyl sites for hydroxylation is 2. The lowest BCUT2D eigenvalue weighted by atomic mass is 10.2. The summed E-state index contributed by atoms with van der Waals surface area (Å²) in [6, 6.07) is 12.3. The molecule has 9 heteroatoms. The van der Waals surface area contributed by atoms with Gasteiger partial charge in [-0.15, -0.1) is 0 Å². The number of ether oxygens (including phenoxy) is 1. The van der Waals surface area contributed by atoms with Gasteiger partial charge in [0, 0.05) is 49.5 Å². The maximum atomic E-state index is 12.4. The minimum atomic E-state index is -0.445. The third-order valence-corrected chi connectivity index (χ3v) is 4.94. The lowest BCUT2D eigenvalue weighted by Gasteiger charge is -2.28. The molecule has 1 saturated heterocycles. The SMILES string of the molecule is Cc1cc(N2CCOCC2)nc(Nc2ccc(NC(=O)c3cccn(C)c3=O)cc2)n1. The second kappa shape index (κ2) is 8.97. The molecule has 9 nitrogen and oxygen atoms in total. The number of aromatic nitrogens is 3. The Labute approximate surface area is 179 Å². The van der Waals surface area contributed by atoms with E-state index in [1.54, 1.807) is 31.4 Å². The highest BCUT2D eigenvalue weighted by molar-refractivity contribution is 6.04. The van der Waals surface area contributed by atoms with Crippen LogP contribution in [0, 0.1) is 6.92 Å². The molecule has 2 N–H and O–H groups in total. The third-order valence-electron chi connectivity index (χ3n) is 4.94. The Bertz CT molecular complexity index is 1140. The highest BCUT2D eigenvalue weighted by atomic mass is 16.5. The highest BCUT2D eigenvalue weighted by Gasteiger charge is 2.15. The summed E-state index contributed by atoms with van der Waals surface area (Å²) < 4.78 is 6.78. The molecule has 0 aliphatic carbocycles. The van der Waals surface area contributed by atoms with Crippen molar-refractivity contribution in [3.8, 4) is 0 Å². The standard InChI is InChI=1S/C22H24N6O3/c1-15-14-19(28-10-12-31-13-11-28)26-22(23-15)25-17-7-5-16(6-8-17)24-20(29)18-4-3-9-27(2)21(18)30/h3-9,14H,10-13H2,1-2H3,(H,24,29)(H,23,25,26). The molecule has 1 amide bonds. The molecule has 31 heavy (non-hydrogen) atoms. The largest absolute Gasteiger partial charge is 0.378 e. The van der Waals surface area contributed by atoms with Gasteiger partial charge in [0.1, 0.15) is 11.4 Å². The fraction of sp³-hybridized carbons (Fsp3) is 0.273. The maximum Gasteiger partial charge on any atom is 0.263 e. The van der Waals surface area contributed by atoms with Gasteiger partial charge in [0.2, 0.25) is 5.95 Å². The predicted molar refractivity (Wildman–Crippen MR) is 119 cm³/mol. The number of hydrogen-bond acceptors (Lipinski definition) is 7. The monoisotopic (exact) mass is 420 g/mol. The van der Waals surface area contributed by atoms with E-state index in [4.69, 9.17) is 4.74 Å². The molecule has 1 aliphatic rings. The van der Waals surface area contributed by atoms with Gasteiger partial charge in [0.15, 0.2) is 0 Å². The van der Waals surface area contributed by atoms with Crippen LogP contribution in [-0.2, 0) is 11.8 Å². The second-order valence-electron chi connectivity index (χ2n) is 7.28. The molecule has 3 heterocycles. The number of benzene rings is 1. The Hall–Kier alpha value is -3.72. The first-order chi connectivity index (χ1) is 15.0. The number of amides is 1. The van der Waals surface area contributed by atoms with Crippen LogP contribution >= 0.6 is 0 Å². The number of nitrogens with one attached hydrogen (secondary N) is 2. The summed E-state index contributed by atoms with van der Waals surface area (Å²) in [5.41, 5.74) is 1.99. The van der Waals surface area contributed by atoms with Gasteiger partial charge in [-0.25, -0.2) is 4.98 Å². The Morgan fingerprint density at radius 3 is 2.52 bits per heavy atom. The lowest BCUT2D eigenvalue weighted by molar-refractivity contribution is 0.102. The van der Waals surface area contributed by atoms with E-state index in [9.17, 15) is 9.59 Å². The summed E-state index contributed by atoms with van der Waals surface area (Å²) in [5.74, 6) is 0.928. The van der Waals surface area contributed by atoms with E-state index in [2.05, 4.69) is 25.5 Å². The van der Waals surface area contributed by atoms with Gasteiger partial charge in [-0.05, 0) is 43.3 Å². The van der Waals surface area contributed by atoms with Crippen LogP contribution < -0.4 is 21.1 Å². The Balaban J connectivity index is 1.45. The van der Waals surface area contributed by atoms with Crippen molar-refractivity contribution < 1.29 is 9.53 Å². The van der Waals surface area contributed by atoms with Crippen molar-refractivity contribution in [2.24, 2.45) is 7.05 Å². The van der Waals surface area contributed by atoms with Crippen LogP contribution in [0.3, 0.4) is 0 Å². The molecular formula is C22H24N6O3. The van der Waals surface area contributed by atoms with E-state index in [1.807, 2.05) is 25.1 Å². The lowest BCUT2D eigenvalue weighted by Crippen LogP contribution is -2.36. The molecule has 0 bridgehead atoms. The number of carbonyl (C=O) groups is 1. The van der Waals surface area contributed by atoms with Crippen LogP contribution in [0.1, 0.15) is 16.1 Å². The minimum absolute atomic E-state index is 0.0935. The number of hydrogen-bond donors (Lipinski definition) is 2. The van der Waals surface area contributed by atoms with Crippen LogP contribution in [0.15, 0.2) is 53.5 Å². The number of rotatable bonds is 5. The first-order valence-corrected chi connectivity index (χ1v) is 10.0. The van der Waals surface area contributed by atoms with Crippen molar-refractivity contribution in [3.05, 3.63) is 70.3 Å². The molecule has 0 spiro atoms. The maximum absolute atomic E-state index is 12.4. The smallest absolute Gasteiger partial charge is 0.263 e. The van der Waals surface area contributed by atoms with Crippen molar-refractivity contribution in [1.29, 1.82) is 0 Å². The number of pyridine rings is 1. The summed E-state index contributed by atoms with van der Waals surface area (Å²) in [6.45, 7) is 4.91. The normalized spacial score (nSPS) is 13.7. The van der Waals surface area contributed by atoms with Crippen LogP contribution in [-0.4, -0.2) is 46.7 Å². The first-order valence-electron chi connectivity index (χ1n) is 10.0. The average Bonchev–Trinajstić information content (AvgIpc) is 2.77. The van der Waals surface area contributed by atoms with Gasteiger partial charge in [0.25, 0.3) is 11.5 Å². The molecule has 1 fully saturated rings. The van der Waals surface area contributed by atoms with Gasteiger partial charge in [-0.2, -0.15) is 4.98 Å². The summed E-state index contributed by atoms with van der Waals surface area (Å²) in [7, 11) is 1.61. The van der Waals surface area contributed by atoms with Crippen molar-refractivity contribution in [3.63, 3.8) is 0 Å². The Morgan fingerprint density at radius 2 is 1.77 bits per heavy atom. The third kappa shape index (κ3) is 4.89. The van der Waals surface area contributed by atoms with Gasteiger partial charge < -0.3 is 24.8 Å². The zero-order chi connectivity index (χ0) is 21.8. The van der Waals surface area contributed by atoms with E-state index in [0.29, 0.717) is 24.8 Å². The topological polar surface area (TPSA) is 101 Å². The molecule has 0 saturated carbocycles. The van der Waals surface area contributed by atoms with Gasteiger partial charge in [0.05, 0.1) is 13.2 Å². The van der Waals surface area contributed by atoms with Gasteiger partial charge in [-0.1, -0.05) is 0 Å². The zero-order valence-electron chi connectivity index (χ0n) is 17.5. The molecule has 1 aliphatic heterocycles. The van der Waals surface area contributed by atoms with Crippen molar-refractivity contribution in [2.45, 2.75) is 6.92 Å². The Morgan fingerprint density at radius 1 is 1.06 bits per heavy atom. The van der Waals surface area contributed by atoms with Crippen LogP contribution in [0.25, 0.3) is 0 Å². The average molecular weight is 420 g/mol. The molecule has 160 valence electrons. The molecule has 4 rings (SSSR count). The first kappa shape index (κ1) is 20.5. The summed E-state index contributed by atoms with van der Waals surface area (Å²) in [4.78, 5) is 35.8. The molecular weight excluding hydrogens is 396 g/mol. The van der Waals surface area contributed by atoms with E-state index in [-0.39, 0.29) is 11.1 Å². The second-order valence-corrected chi connectivity index (χ2v) is 7.28. The van der Waals surface area contributed by atoms with E-state index < -0.39 is 5.91 Å².